The fraction of sp³-hybridized carbons (Fsp3) is 0.182. The molecule has 2 N–H and O–H groups in total. The number of thiophene rings is 1. The molecular weight excluding hydrogens is 256 g/mol. The van der Waals surface area contributed by atoms with Crippen molar-refractivity contribution < 1.29 is 14.5 Å². The summed E-state index contributed by atoms with van der Waals surface area (Å²) >= 11 is 1.15. The van der Waals surface area contributed by atoms with Gasteiger partial charge in [-0.2, -0.15) is 0 Å². The Morgan fingerprint density at radius 2 is 2.22 bits per heavy atom. The molecule has 0 saturated carbocycles. The average molecular weight is 266 g/mol. The number of esters is 1. The molecule has 0 saturated heterocycles. The van der Waals surface area contributed by atoms with E-state index in [9.17, 15) is 14.9 Å². The zero-order valence-electron chi connectivity index (χ0n) is 9.50. The highest BCUT2D eigenvalue weighted by atomic mass is 32.1. The molecule has 6 nitrogen and oxygen atoms in total. The Morgan fingerprint density at radius 3 is 2.83 bits per heavy atom. The van der Waals surface area contributed by atoms with Crippen molar-refractivity contribution in [1.82, 2.24) is 0 Å². The van der Waals surface area contributed by atoms with Crippen LogP contribution in [0.25, 0.3) is 10.1 Å². The Bertz CT molecular complexity index is 635. The topological polar surface area (TPSA) is 95.5 Å². The maximum Gasteiger partial charge on any atom is 0.348 e. The summed E-state index contributed by atoms with van der Waals surface area (Å²) < 4.78 is 5.51. The summed E-state index contributed by atoms with van der Waals surface area (Å²) in [5.74, 6) is -0.431. The molecule has 0 atom stereocenters. The minimum atomic E-state index is -0.543. The molecular formula is C11H10N2O4S. The number of hydrogen-bond acceptors (Lipinski definition) is 6. The van der Waals surface area contributed by atoms with Crippen LogP contribution in [0.3, 0.4) is 0 Å². The fourth-order valence-corrected chi connectivity index (χ4v) is 2.53. The van der Waals surface area contributed by atoms with Crippen molar-refractivity contribution >= 4 is 38.8 Å². The second kappa shape index (κ2) is 4.61. The summed E-state index contributed by atoms with van der Waals surface area (Å²) in [5.41, 5.74) is 5.51. The number of nitrogens with two attached hydrogens (primary N) is 1. The van der Waals surface area contributed by atoms with Crippen LogP contribution in [0.2, 0.25) is 0 Å². The zero-order valence-corrected chi connectivity index (χ0v) is 10.3. The van der Waals surface area contributed by atoms with Crippen LogP contribution in [0.1, 0.15) is 16.6 Å². The molecule has 0 fully saturated rings. The van der Waals surface area contributed by atoms with Gasteiger partial charge in [0.15, 0.2) is 0 Å². The van der Waals surface area contributed by atoms with Gasteiger partial charge in [0.2, 0.25) is 0 Å². The number of benzene rings is 1. The van der Waals surface area contributed by atoms with E-state index in [0.717, 1.165) is 11.3 Å². The molecule has 1 aromatic heterocycles. The third-order valence-electron chi connectivity index (χ3n) is 2.34. The fourth-order valence-electron chi connectivity index (χ4n) is 1.55. The maximum atomic E-state index is 11.5. The molecule has 0 bridgehead atoms. The zero-order chi connectivity index (χ0) is 13.3. The Hall–Kier alpha value is -2.15. The summed E-state index contributed by atoms with van der Waals surface area (Å²) in [6, 6.07) is 4.49. The summed E-state index contributed by atoms with van der Waals surface area (Å²) in [4.78, 5) is 22.2. The normalized spacial score (nSPS) is 10.5. The SMILES string of the molecule is CCOC(=O)c1cc2cc(N)c([N+](=O)[O-])cc2s1. The summed E-state index contributed by atoms with van der Waals surface area (Å²) in [6.45, 7) is 2.00. The van der Waals surface area contributed by atoms with Gasteiger partial charge in [0.05, 0.1) is 11.5 Å². The smallest absolute Gasteiger partial charge is 0.348 e. The van der Waals surface area contributed by atoms with E-state index in [1.165, 1.54) is 12.1 Å². The van der Waals surface area contributed by atoms with E-state index in [-0.39, 0.29) is 18.0 Å². The van der Waals surface area contributed by atoms with E-state index in [1.807, 2.05) is 0 Å². The highest BCUT2D eigenvalue weighted by molar-refractivity contribution is 7.20. The minimum absolute atomic E-state index is 0.0840. The molecule has 94 valence electrons. The third-order valence-corrected chi connectivity index (χ3v) is 3.42. The minimum Gasteiger partial charge on any atom is -0.462 e. The molecule has 0 unspecified atom stereocenters. The van der Waals surface area contributed by atoms with Gasteiger partial charge < -0.3 is 10.5 Å². The molecule has 2 aromatic rings. The molecule has 0 aliphatic rings. The van der Waals surface area contributed by atoms with E-state index in [2.05, 4.69) is 0 Å². The van der Waals surface area contributed by atoms with Crippen molar-refractivity contribution in [3.63, 3.8) is 0 Å². The second-order valence-corrected chi connectivity index (χ2v) is 4.62. The van der Waals surface area contributed by atoms with Crippen molar-refractivity contribution in [3.05, 3.63) is 33.2 Å². The lowest BCUT2D eigenvalue weighted by Gasteiger charge is -1.96. The summed E-state index contributed by atoms with van der Waals surface area (Å²) in [5, 5.41) is 11.4. The number of nitrogen functional groups attached to an aromatic ring is 1. The van der Waals surface area contributed by atoms with Crippen molar-refractivity contribution in [3.8, 4) is 0 Å². The maximum absolute atomic E-state index is 11.5. The van der Waals surface area contributed by atoms with Gasteiger partial charge in [-0.25, -0.2) is 4.79 Å². The van der Waals surface area contributed by atoms with E-state index in [0.29, 0.717) is 15.0 Å². The molecule has 0 amide bonds. The van der Waals surface area contributed by atoms with Gasteiger partial charge in [0, 0.05) is 10.8 Å². The number of nitro groups is 1. The first kappa shape index (κ1) is 12.3. The summed E-state index contributed by atoms with van der Waals surface area (Å²) in [6.07, 6.45) is 0. The molecule has 0 aliphatic carbocycles. The molecule has 1 heterocycles. The number of carbonyl (C=O) groups is 1. The molecule has 7 heteroatoms. The van der Waals surface area contributed by atoms with E-state index < -0.39 is 10.9 Å². The first-order chi connectivity index (χ1) is 8.52. The van der Waals surface area contributed by atoms with Gasteiger partial charge in [-0.1, -0.05) is 0 Å². The van der Waals surface area contributed by atoms with Crippen LogP contribution in [0.5, 0.6) is 0 Å². The highest BCUT2D eigenvalue weighted by Gasteiger charge is 2.17. The molecule has 0 radical (unpaired) electrons. The van der Waals surface area contributed by atoms with Gasteiger partial charge >= 0.3 is 5.97 Å². The van der Waals surface area contributed by atoms with Crippen LogP contribution in [-0.2, 0) is 4.74 Å². The number of ether oxygens (including phenoxy) is 1. The molecule has 0 aliphatic heterocycles. The Labute approximate surface area is 106 Å². The Kier molecular flexibility index (Phi) is 3.15. The summed E-state index contributed by atoms with van der Waals surface area (Å²) in [7, 11) is 0. The first-order valence-corrected chi connectivity index (χ1v) is 5.99. The lowest BCUT2D eigenvalue weighted by atomic mass is 10.2. The molecule has 2 rings (SSSR count). The second-order valence-electron chi connectivity index (χ2n) is 3.54. The van der Waals surface area contributed by atoms with E-state index in [4.69, 9.17) is 10.5 Å². The van der Waals surface area contributed by atoms with Crippen molar-refractivity contribution in [1.29, 1.82) is 0 Å². The van der Waals surface area contributed by atoms with Crippen LogP contribution in [-0.4, -0.2) is 17.5 Å². The van der Waals surface area contributed by atoms with Crippen LogP contribution in [0.4, 0.5) is 11.4 Å². The van der Waals surface area contributed by atoms with Crippen LogP contribution >= 0.6 is 11.3 Å². The van der Waals surface area contributed by atoms with Crippen molar-refractivity contribution in [2.24, 2.45) is 0 Å². The van der Waals surface area contributed by atoms with Gasteiger partial charge in [-0.15, -0.1) is 11.3 Å². The highest BCUT2D eigenvalue weighted by Crippen LogP contribution is 2.33. The van der Waals surface area contributed by atoms with Crippen LogP contribution < -0.4 is 5.73 Å². The number of nitrogens with zero attached hydrogens (tertiary/aromatic N) is 1. The van der Waals surface area contributed by atoms with Gasteiger partial charge in [-0.3, -0.25) is 10.1 Å². The first-order valence-electron chi connectivity index (χ1n) is 5.17. The number of fused-ring (bicyclic) bond motifs is 1. The van der Waals surface area contributed by atoms with Crippen LogP contribution in [0, 0.1) is 10.1 Å². The quantitative estimate of drug-likeness (QED) is 0.398. The number of nitro benzene ring substituents is 1. The van der Waals surface area contributed by atoms with Crippen molar-refractivity contribution in [2.45, 2.75) is 6.92 Å². The van der Waals surface area contributed by atoms with Gasteiger partial charge in [0.1, 0.15) is 10.6 Å². The number of rotatable bonds is 3. The largest absolute Gasteiger partial charge is 0.462 e. The van der Waals surface area contributed by atoms with Crippen LogP contribution in [0.15, 0.2) is 18.2 Å². The molecule has 1 aromatic carbocycles. The predicted molar refractivity (Wildman–Crippen MR) is 68.8 cm³/mol. The lowest BCUT2D eigenvalue weighted by molar-refractivity contribution is -0.383. The van der Waals surface area contributed by atoms with Gasteiger partial charge in [0.25, 0.3) is 5.69 Å². The van der Waals surface area contributed by atoms with Gasteiger partial charge in [-0.05, 0) is 24.4 Å². The van der Waals surface area contributed by atoms with E-state index >= 15 is 0 Å². The molecule has 0 spiro atoms. The average Bonchev–Trinajstić information content (AvgIpc) is 2.70. The van der Waals surface area contributed by atoms with Crippen molar-refractivity contribution in [2.75, 3.05) is 12.3 Å². The predicted octanol–water partition coefficient (Wildman–Crippen LogP) is 2.57. The Balaban J connectivity index is 2.52. The monoisotopic (exact) mass is 266 g/mol. The van der Waals surface area contributed by atoms with E-state index in [1.54, 1.807) is 13.0 Å². The number of hydrogen-bond donors (Lipinski definition) is 1. The molecule has 18 heavy (non-hydrogen) atoms. The Morgan fingerprint density at radius 1 is 1.50 bits per heavy atom. The third kappa shape index (κ3) is 2.12. The number of carbonyl (C=O) groups excluding carboxylic acids is 1. The number of anilines is 1. The lowest BCUT2D eigenvalue weighted by Crippen LogP contribution is -2.01. The standard InChI is InChI=1S/C11H10N2O4S/c1-2-17-11(14)10-4-6-3-7(12)8(13(15)16)5-9(6)18-10/h3-5H,2,12H2,1H3.